The molecule has 2 rings (SSSR count). The van der Waals surface area contributed by atoms with Gasteiger partial charge in [-0.15, -0.1) is 0 Å². The largest absolute Gasteiger partial charge is 0.347 e. The molecule has 0 aliphatic heterocycles. The van der Waals surface area contributed by atoms with Gasteiger partial charge in [0.05, 0.1) is 4.92 Å². The van der Waals surface area contributed by atoms with E-state index < -0.39 is 10.8 Å². The van der Waals surface area contributed by atoms with Crippen LogP contribution in [0.25, 0.3) is 0 Å². The molecule has 0 saturated heterocycles. The first kappa shape index (κ1) is 14.3. The van der Waals surface area contributed by atoms with Crippen molar-refractivity contribution in [2.75, 3.05) is 5.43 Å². The lowest BCUT2D eigenvalue weighted by molar-refractivity contribution is -0.384. The topological polar surface area (TPSA) is 110 Å². The van der Waals surface area contributed by atoms with Crippen LogP contribution in [0.3, 0.4) is 0 Å². The van der Waals surface area contributed by atoms with Gasteiger partial charge in [0.15, 0.2) is 0 Å². The van der Waals surface area contributed by atoms with E-state index >= 15 is 0 Å². The molecule has 1 fully saturated rings. The minimum atomic E-state index is -0.603. The average Bonchev–Trinajstić information content (AvgIpc) is 3.21. The van der Waals surface area contributed by atoms with Gasteiger partial charge in [0.1, 0.15) is 11.3 Å². The normalized spacial score (nSPS) is 14.8. The van der Waals surface area contributed by atoms with Crippen molar-refractivity contribution in [2.45, 2.75) is 32.2 Å². The lowest BCUT2D eigenvalue weighted by Crippen LogP contribution is -2.45. The molecule has 0 radical (unpaired) electrons. The number of hydrogen-bond donors (Lipinski definition) is 3. The molecule has 1 aliphatic carbocycles. The number of hydrogen-bond acceptors (Lipinski definition) is 5. The quantitative estimate of drug-likeness (QED) is 0.432. The van der Waals surface area contributed by atoms with Gasteiger partial charge >= 0.3 is 5.69 Å². The van der Waals surface area contributed by atoms with Crippen LogP contribution in [-0.4, -0.2) is 16.4 Å². The van der Waals surface area contributed by atoms with E-state index in [0.717, 1.165) is 12.8 Å². The summed E-state index contributed by atoms with van der Waals surface area (Å²) in [6.07, 6.45) is 2.14. The summed E-state index contributed by atoms with van der Waals surface area (Å²) < 4.78 is 0. The Balaban J connectivity index is 2.32. The summed E-state index contributed by atoms with van der Waals surface area (Å²) in [7, 11) is 0. The second-order valence-electron chi connectivity index (χ2n) is 5.55. The Labute approximate surface area is 116 Å². The molecule has 7 nitrogen and oxygen atoms in total. The molecule has 0 spiro atoms. The van der Waals surface area contributed by atoms with Gasteiger partial charge in [-0.3, -0.25) is 20.8 Å². The first-order chi connectivity index (χ1) is 9.36. The van der Waals surface area contributed by atoms with Gasteiger partial charge in [-0.1, -0.05) is 6.07 Å². The first-order valence-electron chi connectivity index (χ1n) is 6.43. The number of carbonyl (C=O) groups is 1. The fraction of sp³-hybridized carbons (Fsp3) is 0.462. The summed E-state index contributed by atoms with van der Waals surface area (Å²) in [6, 6.07) is 4.44. The smallest absolute Gasteiger partial charge is 0.306 e. The minimum Gasteiger partial charge on any atom is -0.347 e. The summed E-state index contributed by atoms with van der Waals surface area (Å²) in [4.78, 5) is 22.8. The fourth-order valence-corrected chi connectivity index (χ4v) is 2.31. The molecular weight excluding hydrogens is 260 g/mol. The Morgan fingerprint density at radius 1 is 1.45 bits per heavy atom. The van der Waals surface area contributed by atoms with E-state index in [2.05, 4.69) is 10.7 Å². The van der Waals surface area contributed by atoms with Gasteiger partial charge in [0.25, 0.3) is 5.91 Å². The van der Waals surface area contributed by atoms with E-state index in [1.807, 2.05) is 13.8 Å². The van der Waals surface area contributed by atoms with Gasteiger partial charge in [-0.05, 0) is 44.7 Å². The Bertz CT molecular complexity index is 553. The Morgan fingerprint density at radius 3 is 2.60 bits per heavy atom. The number of benzene rings is 1. The highest BCUT2D eigenvalue weighted by Crippen LogP contribution is 2.39. The number of para-hydroxylation sites is 1. The third-order valence-corrected chi connectivity index (χ3v) is 3.65. The van der Waals surface area contributed by atoms with E-state index in [9.17, 15) is 14.9 Å². The summed E-state index contributed by atoms with van der Waals surface area (Å²) >= 11 is 0. The van der Waals surface area contributed by atoms with Crippen LogP contribution in [0.15, 0.2) is 18.2 Å². The lowest BCUT2D eigenvalue weighted by Gasteiger charge is -2.26. The van der Waals surface area contributed by atoms with Crippen LogP contribution in [0.4, 0.5) is 11.4 Å². The number of nitrogens with one attached hydrogen (secondary N) is 2. The number of nitrogens with two attached hydrogens (primary N) is 1. The SMILES string of the molecule is CC(C)(NC(=O)c1cccc(NN)c1[N+](=O)[O-])C1CC1. The molecule has 1 aromatic rings. The second kappa shape index (κ2) is 5.09. The van der Waals surface area contributed by atoms with E-state index in [-0.39, 0.29) is 22.5 Å². The van der Waals surface area contributed by atoms with Crippen LogP contribution in [-0.2, 0) is 0 Å². The van der Waals surface area contributed by atoms with Crippen molar-refractivity contribution in [3.63, 3.8) is 0 Å². The van der Waals surface area contributed by atoms with Gasteiger partial charge in [0.2, 0.25) is 0 Å². The molecular formula is C13H18N4O3. The third-order valence-electron chi connectivity index (χ3n) is 3.65. The van der Waals surface area contributed by atoms with Crippen molar-refractivity contribution in [2.24, 2.45) is 11.8 Å². The molecule has 4 N–H and O–H groups in total. The van der Waals surface area contributed by atoms with Crippen molar-refractivity contribution >= 4 is 17.3 Å². The van der Waals surface area contributed by atoms with Crippen LogP contribution in [0, 0.1) is 16.0 Å². The number of amides is 1. The summed E-state index contributed by atoms with van der Waals surface area (Å²) in [5.41, 5.74) is 1.71. The predicted molar refractivity (Wildman–Crippen MR) is 75.2 cm³/mol. The molecule has 1 aliphatic rings. The van der Waals surface area contributed by atoms with Crippen LogP contribution in [0.5, 0.6) is 0 Å². The van der Waals surface area contributed by atoms with Crippen molar-refractivity contribution < 1.29 is 9.72 Å². The molecule has 0 heterocycles. The zero-order chi connectivity index (χ0) is 14.9. The molecule has 0 atom stereocenters. The molecule has 108 valence electrons. The minimum absolute atomic E-state index is 0.0131. The number of nitrogen functional groups attached to an aromatic ring is 1. The third kappa shape index (κ3) is 2.72. The zero-order valence-corrected chi connectivity index (χ0v) is 11.5. The van der Waals surface area contributed by atoms with Crippen LogP contribution < -0.4 is 16.6 Å². The maximum absolute atomic E-state index is 12.3. The first-order valence-corrected chi connectivity index (χ1v) is 6.43. The molecule has 7 heteroatoms. The van der Waals surface area contributed by atoms with Gasteiger partial charge < -0.3 is 10.7 Å². The second-order valence-corrected chi connectivity index (χ2v) is 5.55. The number of anilines is 1. The van der Waals surface area contributed by atoms with E-state index in [1.54, 1.807) is 6.07 Å². The van der Waals surface area contributed by atoms with Gasteiger partial charge in [0, 0.05) is 5.54 Å². The highest BCUT2D eigenvalue weighted by molar-refractivity contribution is 6.00. The predicted octanol–water partition coefficient (Wildman–Crippen LogP) is 1.80. The molecule has 0 aromatic heterocycles. The molecule has 0 bridgehead atoms. The fourth-order valence-electron chi connectivity index (χ4n) is 2.31. The van der Waals surface area contributed by atoms with Crippen molar-refractivity contribution in [3.8, 4) is 0 Å². The van der Waals surface area contributed by atoms with Crippen molar-refractivity contribution in [3.05, 3.63) is 33.9 Å². The van der Waals surface area contributed by atoms with Gasteiger partial charge in [-0.2, -0.15) is 0 Å². The average molecular weight is 278 g/mol. The van der Waals surface area contributed by atoms with E-state index in [1.165, 1.54) is 12.1 Å². The molecule has 1 aromatic carbocycles. The Kier molecular flexibility index (Phi) is 3.63. The Hall–Kier alpha value is -2.15. The van der Waals surface area contributed by atoms with Crippen LogP contribution in [0.2, 0.25) is 0 Å². The molecule has 1 saturated carbocycles. The Morgan fingerprint density at radius 2 is 2.10 bits per heavy atom. The number of nitrogens with zero attached hydrogens (tertiary/aromatic N) is 1. The van der Waals surface area contributed by atoms with E-state index in [4.69, 9.17) is 5.84 Å². The van der Waals surface area contributed by atoms with Crippen molar-refractivity contribution in [1.29, 1.82) is 0 Å². The van der Waals surface area contributed by atoms with Crippen LogP contribution in [0.1, 0.15) is 37.0 Å². The molecule has 0 unspecified atom stereocenters. The number of rotatable bonds is 5. The maximum Gasteiger partial charge on any atom is 0.306 e. The zero-order valence-electron chi connectivity index (χ0n) is 11.5. The summed E-state index contributed by atoms with van der Waals surface area (Å²) in [6.45, 7) is 3.86. The molecule has 20 heavy (non-hydrogen) atoms. The standard InChI is InChI=1S/C13H18N4O3/c1-13(2,8-6-7-8)15-12(18)9-4-3-5-10(16-14)11(9)17(19)20/h3-5,8,16H,6-7,14H2,1-2H3,(H,15,18). The number of hydrazine groups is 1. The van der Waals surface area contributed by atoms with Crippen LogP contribution >= 0.6 is 0 Å². The number of carbonyl (C=O) groups excluding carboxylic acids is 1. The van der Waals surface area contributed by atoms with Gasteiger partial charge in [-0.25, -0.2) is 0 Å². The number of nitro groups is 1. The highest BCUT2D eigenvalue weighted by Gasteiger charge is 2.39. The number of nitro benzene ring substituents is 1. The van der Waals surface area contributed by atoms with Crippen molar-refractivity contribution in [1.82, 2.24) is 5.32 Å². The summed E-state index contributed by atoms with van der Waals surface area (Å²) in [5.74, 6) is 5.24. The molecule has 1 amide bonds. The maximum atomic E-state index is 12.3. The van der Waals surface area contributed by atoms with E-state index in [0.29, 0.717) is 5.92 Å². The highest BCUT2D eigenvalue weighted by atomic mass is 16.6. The monoisotopic (exact) mass is 278 g/mol. The lowest BCUT2D eigenvalue weighted by atomic mass is 9.98. The summed E-state index contributed by atoms with van der Waals surface area (Å²) in [5, 5.41) is 14.0.